The van der Waals surface area contributed by atoms with E-state index in [9.17, 15) is 0 Å². The Morgan fingerprint density at radius 2 is 2.12 bits per heavy atom. The van der Waals surface area contributed by atoms with Crippen molar-refractivity contribution < 1.29 is 4.74 Å². The normalized spacial score (nSPS) is 31.9. The van der Waals surface area contributed by atoms with E-state index in [1.165, 1.54) is 32.2 Å². The first-order valence-electron chi connectivity index (χ1n) is 6.78. The van der Waals surface area contributed by atoms with E-state index in [1.807, 2.05) is 0 Å². The molecule has 2 rings (SSSR count). The summed E-state index contributed by atoms with van der Waals surface area (Å²) in [4.78, 5) is 2.57. The summed E-state index contributed by atoms with van der Waals surface area (Å²) < 4.78 is 5.70. The first-order valence-corrected chi connectivity index (χ1v) is 6.78. The third-order valence-electron chi connectivity index (χ3n) is 4.00. The number of ether oxygens (including phenoxy) is 1. The van der Waals surface area contributed by atoms with Crippen LogP contribution in [0.3, 0.4) is 0 Å². The predicted octanol–water partition coefficient (Wildman–Crippen LogP) is 1.49. The van der Waals surface area contributed by atoms with Crippen LogP contribution >= 0.6 is 0 Å². The van der Waals surface area contributed by atoms with Gasteiger partial charge in [-0.15, -0.1) is 0 Å². The summed E-state index contributed by atoms with van der Waals surface area (Å²) in [5.74, 6) is 0.896. The van der Waals surface area contributed by atoms with Gasteiger partial charge in [0, 0.05) is 25.2 Å². The van der Waals surface area contributed by atoms with Crippen molar-refractivity contribution in [2.45, 2.75) is 44.7 Å². The fourth-order valence-electron chi connectivity index (χ4n) is 2.53. The maximum absolute atomic E-state index is 5.70. The van der Waals surface area contributed by atoms with Crippen molar-refractivity contribution in [2.75, 3.05) is 33.4 Å². The van der Waals surface area contributed by atoms with Crippen molar-refractivity contribution in [2.24, 2.45) is 5.92 Å². The second-order valence-corrected chi connectivity index (χ2v) is 5.41. The summed E-state index contributed by atoms with van der Waals surface area (Å²) in [6.45, 7) is 6.60. The van der Waals surface area contributed by atoms with E-state index in [2.05, 4.69) is 24.2 Å². The van der Waals surface area contributed by atoms with Gasteiger partial charge in [0.05, 0.1) is 6.61 Å². The highest BCUT2D eigenvalue weighted by molar-refractivity contribution is 4.82. The largest absolute Gasteiger partial charge is 0.380 e. The van der Waals surface area contributed by atoms with Crippen LogP contribution < -0.4 is 5.32 Å². The first-order chi connectivity index (χ1) is 7.79. The number of hydrogen-bond donors (Lipinski definition) is 1. The lowest BCUT2D eigenvalue weighted by Crippen LogP contribution is -2.47. The molecule has 2 aliphatic rings. The zero-order valence-corrected chi connectivity index (χ0v) is 10.7. The van der Waals surface area contributed by atoms with Crippen LogP contribution in [0.25, 0.3) is 0 Å². The van der Waals surface area contributed by atoms with Crippen molar-refractivity contribution in [3.63, 3.8) is 0 Å². The minimum Gasteiger partial charge on any atom is -0.380 e. The van der Waals surface area contributed by atoms with Crippen molar-refractivity contribution in [3.8, 4) is 0 Å². The summed E-state index contributed by atoms with van der Waals surface area (Å²) in [5, 5.41) is 3.39. The standard InChI is InChI=1S/C13H26N2O/c1-11-9-13(14-2)5-6-15(11)7-8-16-10-12-3-4-12/h11-14H,3-10H2,1-2H3. The maximum atomic E-state index is 5.70. The van der Waals surface area contributed by atoms with Gasteiger partial charge in [-0.3, -0.25) is 4.90 Å². The second kappa shape index (κ2) is 5.99. The zero-order chi connectivity index (χ0) is 11.4. The molecule has 0 spiro atoms. The molecule has 1 N–H and O–H groups in total. The highest BCUT2D eigenvalue weighted by atomic mass is 16.5. The van der Waals surface area contributed by atoms with Crippen molar-refractivity contribution >= 4 is 0 Å². The van der Waals surface area contributed by atoms with Gasteiger partial charge in [0.2, 0.25) is 0 Å². The first kappa shape index (κ1) is 12.3. The Labute approximate surface area is 99.5 Å². The Bertz CT molecular complexity index is 206. The number of hydrogen-bond acceptors (Lipinski definition) is 3. The molecular weight excluding hydrogens is 200 g/mol. The van der Waals surface area contributed by atoms with Crippen LogP contribution in [0.4, 0.5) is 0 Å². The predicted molar refractivity (Wildman–Crippen MR) is 66.7 cm³/mol. The lowest BCUT2D eigenvalue weighted by atomic mass is 9.99. The molecule has 3 nitrogen and oxygen atoms in total. The van der Waals surface area contributed by atoms with Gasteiger partial charge in [0.1, 0.15) is 0 Å². The van der Waals surface area contributed by atoms with Crippen LogP contribution in [-0.4, -0.2) is 50.3 Å². The van der Waals surface area contributed by atoms with Gasteiger partial charge in [-0.2, -0.15) is 0 Å². The quantitative estimate of drug-likeness (QED) is 0.694. The summed E-state index contributed by atoms with van der Waals surface area (Å²) in [6, 6.07) is 1.43. The average Bonchev–Trinajstić information content (AvgIpc) is 3.10. The van der Waals surface area contributed by atoms with E-state index in [0.717, 1.165) is 31.7 Å². The third kappa shape index (κ3) is 3.72. The molecule has 2 unspecified atom stereocenters. The molecule has 3 heteroatoms. The van der Waals surface area contributed by atoms with E-state index in [1.54, 1.807) is 0 Å². The number of nitrogens with zero attached hydrogens (tertiary/aromatic N) is 1. The van der Waals surface area contributed by atoms with Gasteiger partial charge in [-0.1, -0.05) is 0 Å². The van der Waals surface area contributed by atoms with Crippen molar-refractivity contribution in [1.29, 1.82) is 0 Å². The maximum Gasteiger partial charge on any atom is 0.0593 e. The molecule has 0 radical (unpaired) electrons. The highest BCUT2D eigenvalue weighted by Crippen LogP contribution is 2.28. The molecule has 1 saturated carbocycles. The fraction of sp³-hybridized carbons (Fsp3) is 1.00. The van der Waals surface area contributed by atoms with Crippen LogP contribution in [0, 0.1) is 5.92 Å². The Balaban J connectivity index is 1.57. The molecular formula is C13H26N2O. The Morgan fingerprint density at radius 3 is 2.75 bits per heavy atom. The van der Waals surface area contributed by atoms with E-state index in [-0.39, 0.29) is 0 Å². The number of likely N-dealkylation sites (tertiary alicyclic amines) is 1. The van der Waals surface area contributed by atoms with Crippen molar-refractivity contribution in [3.05, 3.63) is 0 Å². The Kier molecular flexibility index (Phi) is 4.62. The summed E-state index contributed by atoms with van der Waals surface area (Å²) in [6.07, 6.45) is 5.34. The summed E-state index contributed by atoms with van der Waals surface area (Å²) in [7, 11) is 2.08. The topological polar surface area (TPSA) is 24.5 Å². The van der Waals surface area contributed by atoms with Crippen LogP contribution in [0.2, 0.25) is 0 Å². The molecule has 1 aliphatic heterocycles. The summed E-state index contributed by atoms with van der Waals surface area (Å²) in [5.41, 5.74) is 0. The van der Waals surface area contributed by atoms with Crippen LogP contribution in [-0.2, 0) is 4.74 Å². The van der Waals surface area contributed by atoms with Crippen LogP contribution in [0.15, 0.2) is 0 Å². The van der Waals surface area contributed by atoms with Gasteiger partial charge in [-0.25, -0.2) is 0 Å². The molecule has 16 heavy (non-hydrogen) atoms. The van der Waals surface area contributed by atoms with Gasteiger partial charge < -0.3 is 10.1 Å². The molecule has 1 saturated heterocycles. The molecule has 0 amide bonds. The second-order valence-electron chi connectivity index (χ2n) is 5.41. The lowest BCUT2D eigenvalue weighted by molar-refractivity contribution is 0.0654. The molecule has 94 valence electrons. The Morgan fingerprint density at radius 1 is 1.31 bits per heavy atom. The Hall–Kier alpha value is -0.120. The monoisotopic (exact) mass is 226 g/mol. The lowest BCUT2D eigenvalue weighted by Gasteiger charge is -2.37. The minimum atomic E-state index is 0.704. The smallest absolute Gasteiger partial charge is 0.0593 e. The molecule has 0 bridgehead atoms. The van der Waals surface area contributed by atoms with Crippen LogP contribution in [0.1, 0.15) is 32.6 Å². The van der Waals surface area contributed by atoms with Crippen LogP contribution in [0.5, 0.6) is 0 Å². The van der Waals surface area contributed by atoms with Gasteiger partial charge >= 0.3 is 0 Å². The van der Waals surface area contributed by atoms with Gasteiger partial charge in [0.25, 0.3) is 0 Å². The average molecular weight is 226 g/mol. The van der Waals surface area contributed by atoms with E-state index < -0.39 is 0 Å². The number of piperidine rings is 1. The zero-order valence-electron chi connectivity index (χ0n) is 10.7. The SMILES string of the molecule is CNC1CCN(CCOCC2CC2)C(C)C1. The molecule has 1 heterocycles. The number of rotatable bonds is 6. The number of nitrogens with one attached hydrogen (secondary N) is 1. The molecule has 0 aromatic heterocycles. The summed E-state index contributed by atoms with van der Waals surface area (Å²) >= 11 is 0. The molecule has 0 aromatic carbocycles. The third-order valence-corrected chi connectivity index (χ3v) is 4.00. The molecule has 1 aliphatic carbocycles. The van der Waals surface area contributed by atoms with E-state index >= 15 is 0 Å². The van der Waals surface area contributed by atoms with E-state index in [4.69, 9.17) is 4.74 Å². The van der Waals surface area contributed by atoms with Gasteiger partial charge in [0.15, 0.2) is 0 Å². The minimum absolute atomic E-state index is 0.704. The van der Waals surface area contributed by atoms with Crippen molar-refractivity contribution in [1.82, 2.24) is 10.2 Å². The fourth-order valence-corrected chi connectivity index (χ4v) is 2.53. The molecule has 2 atom stereocenters. The molecule has 2 fully saturated rings. The van der Waals surface area contributed by atoms with Gasteiger partial charge in [-0.05, 0) is 52.1 Å². The molecule has 0 aromatic rings. The highest BCUT2D eigenvalue weighted by Gasteiger charge is 2.24. The van der Waals surface area contributed by atoms with E-state index in [0.29, 0.717) is 6.04 Å².